The van der Waals surface area contributed by atoms with E-state index >= 15 is 0 Å². The zero-order chi connectivity index (χ0) is 34.5. The summed E-state index contributed by atoms with van der Waals surface area (Å²) in [5.41, 5.74) is 6.82. The number of hydrogen-bond acceptors (Lipinski definition) is 4. The highest BCUT2D eigenvalue weighted by molar-refractivity contribution is 7.71. The number of aryl methyl sites for hydroxylation is 2. The van der Waals surface area contributed by atoms with Crippen molar-refractivity contribution in [2.45, 2.75) is 92.4 Å². The zero-order valence-electron chi connectivity index (χ0n) is 29.1. The van der Waals surface area contributed by atoms with Crippen molar-refractivity contribution in [2.75, 3.05) is 20.6 Å². The van der Waals surface area contributed by atoms with Crippen LogP contribution in [0.1, 0.15) is 93.1 Å². The number of aromatic nitrogens is 2. The lowest BCUT2D eigenvalue weighted by molar-refractivity contribution is -0.138. The third-order valence-electron chi connectivity index (χ3n) is 8.72. The molecule has 8 heteroatoms. The van der Waals surface area contributed by atoms with Crippen molar-refractivity contribution < 1.29 is 13.2 Å². The molecule has 4 nitrogen and oxygen atoms in total. The summed E-state index contributed by atoms with van der Waals surface area (Å²) in [4.78, 5) is 6.86. The number of allylic oxidation sites excluding steroid dienone is 2. The molecule has 1 aliphatic rings. The van der Waals surface area contributed by atoms with Gasteiger partial charge >= 0.3 is 6.18 Å². The molecule has 1 N–H and O–H groups in total. The van der Waals surface area contributed by atoms with Gasteiger partial charge < -0.3 is 14.8 Å². The van der Waals surface area contributed by atoms with Crippen LogP contribution < -0.4 is 5.32 Å². The number of nitrogens with zero attached hydrogens (tertiary/aromatic N) is 3. The van der Waals surface area contributed by atoms with Gasteiger partial charge in [0.2, 0.25) is 0 Å². The van der Waals surface area contributed by atoms with E-state index in [-0.39, 0.29) is 34.0 Å². The van der Waals surface area contributed by atoms with Gasteiger partial charge in [-0.15, -0.1) is 0 Å². The number of pyridine rings is 2. The van der Waals surface area contributed by atoms with Gasteiger partial charge in [0.15, 0.2) is 0 Å². The van der Waals surface area contributed by atoms with Crippen molar-refractivity contribution in [1.82, 2.24) is 19.8 Å². The van der Waals surface area contributed by atoms with Crippen LogP contribution in [0.4, 0.5) is 13.2 Å². The van der Waals surface area contributed by atoms with Gasteiger partial charge in [0.25, 0.3) is 0 Å². The molecule has 0 unspecified atom stereocenters. The summed E-state index contributed by atoms with van der Waals surface area (Å²) < 4.78 is 44.4. The predicted octanol–water partition coefficient (Wildman–Crippen LogP) is 9.84. The molecule has 0 spiro atoms. The molecule has 47 heavy (non-hydrogen) atoms. The molecule has 1 aliphatic carbocycles. The van der Waals surface area contributed by atoms with E-state index < -0.39 is 11.7 Å². The lowest BCUT2D eigenvalue weighted by Crippen LogP contribution is -2.27. The minimum atomic E-state index is -4.48. The maximum absolute atomic E-state index is 14.1. The Balaban J connectivity index is 1.75. The second kappa shape index (κ2) is 15.2. The van der Waals surface area contributed by atoms with E-state index in [1.807, 2.05) is 23.6 Å². The topological polar surface area (TPSA) is 33.1 Å². The molecule has 1 atom stereocenters. The third-order valence-corrected chi connectivity index (χ3v) is 9.05. The Morgan fingerprint density at radius 2 is 1.83 bits per heavy atom. The Kier molecular flexibility index (Phi) is 11.8. The SMILES string of the molecule is CC/C=C(/NCc1cc(-c2c(C)cccc2C)cc(C#CC2(C)CC2)n1)[C@H](CC(C)C)n1cc(CCN(C)C)c(C(F)(F)F)cc1=S. The van der Waals surface area contributed by atoms with Crippen LogP contribution in [-0.2, 0) is 19.1 Å². The maximum atomic E-state index is 14.1. The maximum Gasteiger partial charge on any atom is 0.416 e. The van der Waals surface area contributed by atoms with Crippen LogP contribution in [0.15, 0.2) is 54.4 Å². The minimum Gasteiger partial charge on any atom is -0.381 e. The van der Waals surface area contributed by atoms with Gasteiger partial charge in [0, 0.05) is 23.9 Å². The predicted molar refractivity (Wildman–Crippen MR) is 190 cm³/mol. The van der Waals surface area contributed by atoms with E-state index in [9.17, 15) is 13.2 Å². The normalized spacial score (nSPS) is 15.0. The molecule has 0 amide bonds. The standard InChI is InChI=1S/C39H49F3N4S/c1-9-11-34(35(20-26(2)3)46-25-29(15-19-45(7)8)33(23-36(46)47)39(40,41)42)43-24-32-22-30(37-27(4)12-10-13-28(37)5)21-31(44-32)14-16-38(6)17-18-38/h10-13,21-23,25-26,35,43H,9,15,17-20,24H2,1-8H3/b34-11+/t35-/m0/s1. The van der Waals surface area contributed by atoms with Crippen molar-refractivity contribution in [3.63, 3.8) is 0 Å². The fourth-order valence-electron chi connectivity index (χ4n) is 5.90. The fourth-order valence-corrected chi connectivity index (χ4v) is 6.20. The second-order valence-corrected chi connectivity index (χ2v) is 14.3. The first-order valence-electron chi connectivity index (χ1n) is 16.6. The van der Waals surface area contributed by atoms with Crippen LogP contribution in [0.3, 0.4) is 0 Å². The average molecular weight is 663 g/mol. The molecule has 2 heterocycles. The Hall–Kier alpha value is -3.41. The van der Waals surface area contributed by atoms with Crippen LogP contribution in [0.2, 0.25) is 0 Å². The lowest BCUT2D eigenvalue weighted by Gasteiger charge is -2.28. The van der Waals surface area contributed by atoms with Crippen molar-refractivity contribution in [3.8, 4) is 23.0 Å². The van der Waals surface area contributed by atoms with E-state index in [0.717, 1.165) is 48.0 Å². The first kappa shape index (κ1) is 36.4. The van der Waals surface area contributed by atoms with Crippen LogP contribution in [0, 0.1) is 41.7 Å². The molecule has 4 rings (SSSR count). The lowest BCUT2D eigenvalue weighted by atomic mass is 9.95. The van der Waals surface area contributed by atoms with E-state index in [2.05, 4.69) is 95.1 Å². The van der Waals surface area contributed by atoms with E-state index in [4.69, 9.17) is 17.2 Å². The molecule has 0 aliphatic heterocycles. The Morgan fingerprint density at radius 1 is 1.15 bits per heavy atom. The molecular weight excluding hydrogens is 614 g/mol. The first-order chi connectivity index (χ1) is 22.1. The molecule has 0 saturated heterocycles. The summed E-state index contributed by atoms with van der Waals surface area (Å²) in [7, 11) is 3.73. The second-order valence-electron chi connectivity index (χ2n) is 13.9. The van der Waals surface area contributed by atoms with Crippen LogP contribution in [-0.4, -0.2) is 35.1 Å². The Bertz CT molecular complexity index is 1700. The summed E-state index contributed by atoms with van der Waals surface area (Å²) in [6.45, 7) is 13.7. The smallest absolute Gasteiger partial charge is 0.381 e. The summed E-state index contributed by atoms with van der Waals surface area (Å²) in [6, 6.07) is 11.4. The molecule has 1 fully saturated rings. The minimum absolute atomic E-state index is 0.0714. The number of halogens is 3. The Labute approximate surface area is 284 Å². The van der Waals surface area contributed by atoms with E-state index in [1.54, 1.807) is 6.20 Å². The van der Waals surface area contributed by atoms with E-state index in [1.165, 1.54) is 16.7 Å². The van der Waals surface area contributed by atoms with Crippen molar-refractivity contribution in [3.05, 3.63) is 92.7 Å². The van der Waals surface area contributed by atoms with Gasteiger partial charge in [0.1, 0.15) is 10.3 Å². The number of likely N-dealkylation sites (N-methyl/N-ethyl adjacent to an activating group) is 1. The highest BCUT2D eigenvalue weighted by Gasteiger charge is 2.35. The van der Waals surface area contributed by atoms with Crippen LogP contribution in [0.5, 0.6) is 0 Å². The first-order valence-corrected chi connectivity index (χ1v) is 17.0. The summed E-state index contributed by atoms with van der Waals surface area (Å²) in [6.07, 6.45) is 3.22. The van der Waals surface area contributed by atoms with E-state index in [0.29, 0.717) is 19.5 Å². The zero-order valence-corrected chi connectivity index (χ0v) is 29.9. The summed E-state index contributed by atoms with van der Waals surface area (Å²) in [5, 5.41) is 3.66. The highest BCUT2D eigenvalue weighted by atomic mass is 32.1. The van der Waals surface area contributed by atoms with Crippen molar-refractivity contribution in [1.29, 1.82) is 0 Å². The molecule has 252 valence electrons. The summed E-state index contributed by atoms with van der Waals surface area (Å²) in [5.74, 6) is 7.06. The number of nitrogens with one attached hydrogen (secondary N) is 1. The molecule has 0 bridgehead atoms. The van der Waals surface area contributed by atoms with Gasteiger partial charge in [-0.1, -0.05) is 63.2 Å². The third kappa shape index (κ3) is 9.81. The monoisotopic (exact) mass is 662 g/mol. The largest absolute Gasteiger partial charge is 0.416 e. The van der Waals surface area contributed by atoms with Gasteiger partial charge in [-0.3, -0.25) is 0 Å². The fraction of sp³-hybridized carbons (Fsp3) is 0.487. The van der Waals surface area contributed by atoms with Crippen LogP contribution >= 0.6 is 12.2 Å². The highest BCUT2D eigenvalue weighted by Crippen LogP contribution is 2.44. The van der Waals surface area contributed by atoms with Gasteiger partial charge in [0.05, 0.1) is 23.8 Å². The van der Waals surface area contributed by atoms with Crippen molar-refractivity contribution in [2.24, 2.45) is 11.3 Å². The molecule has 1 saturated carbocycles. The molecule has 0 radical (unpaired) electrons. The van der Waals surface area contributed by atoms with Gasteiger partial charge in [-0.25, -0.2) is 4.98 Å². The molecular formula is C39H49F3N4S. The molecule has 3 aromatic rings. The van der Waals surface area contributed by atoms with Crippen LogP contribution in [0.25, 0.3) is 11.1 Å². The van der Waals surface area contributed by atoms with Crippen molar-refractivity contribution >= 4 is 12.2 Å². The number of hydrogen-bond donors (Lipinski definition) is 1. The number of alkyl halides is 3. The number of benzene rings is 1. The quantitative estimate of drug-likeness (QED) is 0.155. The molecule has 1 aromatic carbocycles. The molecule has 2 aromatic heterocycles. The Morgan fingerprint density at radius 3 is 2.40 bits per heavy atom. The average Bonchev–Trinajstić information content (AvgIpc) is 3.73. The number of rotatable bonds is 12. The van der Waals surface area contributed by atoms with Gasteiger partial charge in [-0.2, -0.15) is 13.2 Å². The summed E-state index contributed by atoms with van der Waals surface area (Å²) >= 11 is 5.66. The van der Waals surface area contributed by atoms with Gasteiger partial charge in [-0.05, 0) is 125 Å².